The van der Waals surface area contributed by atoms with E-state index in [1.54, 1.807) is 7.11 Å². The third-order valence-corrected chi connectivity index (χ3v) is 5.57. The molecular formula is C25H29N5OS. The Bertz CT molecular complexity index is 1160. The van der Waals surface area contributed by atoms with E-state index in [1.807, 2.05) is 43.3 Å². The van der Waals surface area contributed by atoms with Crippen molar-refractivity contribution in [3.8, 4) is 11.8 Å². The van der Waals surface area contributed by atoms with E-state index in [2.05, 4.69) is 41.5 Å². The summed E-state index contributed by atoms with van der Waals surface area (Å²) in [5.74, 6) is 1.35. The summed E-state index contributed by atoms with van der Waals surface area (Å²) in [5, 5.41) is 17.9. The molecule has 32 heavy (non-hydrogen) atoms. The first-order valence-corrected chi connectivity index (χ1v) is 11.1. The molecule has 1 heterocycles. The predicted octanol–water partition coefficient (Wildman–Crippen LogP) is 5.25. The van der Waals surface area contributed by atoms with Crippen LogP contribution in [0.15, 0.2) is 42.5 Å². The van der Waals surface area contributed by atoms with Gasteiger partial charge in [-0.25, -0.2) is 4.98 Å². The van der Waals surface area contributed by atoms with Crippen molar-refractivity contribution in [2.75, 3.05) is 37.4 Å². The molecule has 0 saturated carbocycles. The van der Waals surface area contributed by atoms with Crippen LogP contribution in [0.5, 0.6) is 5.75 Å². The molecule has 6 nitrogen and oxygen atoms in total. The van der Waals surface area contributed by atoms with Crippen LogP contribution in [-0.2, 0) is 0 Å². The Labute approximate surface area is 195 Å². The Morgan fingerprint density at radius 3 is 2.69 bits per heavy atom. The van der Waals surface area contributed by atoms with E-state index in [4.69, 9.17) is 21.9 Å². The summed E-state index contributed by atoms with van der Waals surface area (Å²) in [4.78, 5) is 6.84. The van der Waals surface area contributed by atoms with E-state index in [1.165, 1.54) is 0 Å². The standard InChI is InChI=1S/C25H29N5OS/c1-5-11-30(25(32)29-21-8-6-7-9-23(21)31-4)12-10-27-24-19(16-26)15-20-18(3)13-17(2)14-22(20)28-24/h6-9,13-15H,5,10-12H2,1-4H3,(H,27,28)(H,29,32). The number of aryl methyl sites for hydroxylation is 2. The molecule has 0 aliphatic carbocycles. The number of hydrogen-bond acceptors (Lipinski definition) is 5. The molecule has 0 radical (unpaired) electrons. The first-order valence-electron chi connectivity index (χ1n) is 10.7. The Morgan fingerprint density at radius 2 is 1.97 bits per heavy atom. The number of anilines is 2. The highest BCUT2D eigenvalue weighted by atomic mass is 32.1. The first kappa shape index (κ1) is 23.3. The second-order valence-corrected chi connectivity index (χ2v) is 8.08. The van der Waals surface area contributed by atoms with Gasteiger partial charge in [0.2, 0.25) is 0 Å². The van der Waals surface area contributed by atoms with Gasteiger partial charge in [-0.3, -0.25) is 0 Å². The van der Waals surface area contributed by atoms with Crippen LogP contribution in [0.4, 0.5) is 11.5 Å². The maximum absolute atomic E-state index is 9.63. The van der Waals surface area contributed by atoms with E-state index in [-0.39, 0.29) is 0 Å². The summed E-state index contributed by atoms with van der Waals surface area (Å²) >= 11 is 5.66. The monoisotopic (exact) mass is 447 g/mol. The normalized spacial score (nSPS) is 10.5. The average Bonchev–Trinajstić information content (AvgIpc) is 2.78. The van der Waals surface area contributed by atoms with Gasteiger partial charge in [0.25, 0.3) is 0 Å². The van der Waals surface area contributed by atoms with Gasteiger partial charge in [-0.1, -0.05) is 25.1 Å². The van der Waals surface area contributed by atoms with Crippen LogP contribution < -0.4 is 15.4 Å². The third kappa shape index (κ3) is 5.45. The van der Waals surface area contributed by atoms with Crippen LogP contribution >= 0.6 is 12.2 Å². The molecule has 0 atom stereocenters. The lowest BCUT2D eigenvalue weighted by Gasteiger charge is -2.26. The molecule has 0 aliphatic rings. The SMILES string of the molecule is CCCN(CCNc1nc2cc(C)cc(C)c2cc1C#N)C(=S)Nc1ccccc1OC. The number of nitrogens with one attached hydrogen (secondary N) is 2. The molecule has 7 heteroatoms. The summed E-state index contributed by atoms with van der Waals surface area (Å²) in [7, 11) is 1.64. The predicted molar refractivity (Wildman–Crippen MR) is 136 cm³/mol. The zero-order valence-electron chi connectivity index (χ0n) is 19.0. The average molecular weight is 448 g/mol. The highest BCUT2D eigenvalue weighted by Gasteiger charge is 2.13. The molecule has 2 N–H and O–H groups in total. The van der Waals surface area contributed by atoms with Gasteiger partial charge in [0, 0.05) is 25.0 Å². The molecule has 0 spiro atoms. The van der Waals surface area contributed by atoms with Crippen molar-refractivity contribution in [3.63, 3.8) is 0 Å². The van der Waals surface area contributed by atoms with E-state index < -0.39 is 0 Å². The largest absolute Gasteiger partial charge is 0.495 e. The highest BCUT2D eigenvalue weighted by Crippen LogP contribution is 2.25. The number of aromatic nitrogens is 1. The minimum absolute atomic E-state index is 0.543. The fraction of sp³-hybridized carbons (Fsp3) is 0.320. The van der Waals surface area contributed by atoms with Crippen LogP contribution in [0.25, 0.3) is 10.9 Å². The molecule has 0 amide bonds. The molecule has 166 valence electrons. The molecule has 0 aliphatic heterocycles. The Morgan fingerprint density at radius 1 is 1.19 bits per heavy atom. The van der Waals surface area contributed by atoms with Crippen LogP contribution in [-0.4, -0.2) is 41.7 Å². The number of nitrogens with zero attached hydrogens (tertiary/aromatic N) is 3. The number of ether oxygens (including phenoxy) is 1. The van der Waals surface area contributed by atoms with Crippen LogP contribution in [0.2, 0.25) is 0 Å². The number of nitriles is 1. The number of fused-ring (bicyclic) bond motifs is 1. The van der Waals surface area contributed by atoms with E-state index in [0.29, 0.717) is 29.6 Å². The number of benzene rings is 2. The van der Waals surface area contributed by atoms with Gasteiger partial charge >= 0.3 is 0 Å². The van der Waals surface area contributed by atoms with Crippen molar-refractivity contribution >= 4 is 39.7 Å². The van der Waals surface area contributed by atoms with Crippen LogP contribution in [0, 0.1) is 25.2 Å². The minimum Gasteiger partial charge on any atom is -0.495 e. The fourth-order valence-corrected chi connectivity index (χ4v) is 3.98. The molecule has 1 aromatic heterocycles. The van der Waals surface area contributed by atoms with Crippen molar-refractivity contribution in [2.45, 2.75) is 27.2 Å². The van der Waals surface area contributed by atoms with Crippen molar-refractivity contribution in [3.05, 3.63) is 59.2 Å². The lowest BCUT2D eigenvalue weighted by Crippen LogP contribution is -2.38. The lowest BCUT2D eigenvalue weighted by atomic mass is 10.0. The van der Waals surface area contributed by atoms with Crippen molar-refractivity contribution in [1.82, 2.24) is 9.88 Å². The lowest BCUT2D eigenvalue weighted by molar-refractivity contribution is 0.415. The summed E-state index contributed by atoms with van der Waals surface area (Å²) in [6.07, 6.45) is 0.962. The van der Waals surface area contributed by atoms with Gasteiger partial charge in [0.15, 0.2) is 5.11 Å². The molecular weight excluding hydrogens is 418 g/mol. The minimum atomic E-state index is 0.543. The van der Waals surface area contributed by atoms with Crippen molar-refractivity contribution in [1.29, 1.82) is 5.26 Å². The fourth-order valence-electron chi connectivity index (χ4n) is 3.69. The summed E-state index contributed by atoms with van der Waals surface area (Å²) in [5.41, 5.74) is 4.55. The van der Waals surface area contributed by atoms with E-state index in [9.17, 15) is 5.26 Å². The number of pyridine rings is 1. The van der Waals surface area contributed by atoms with Crippen LogP contribution in [0.1, 0.15) is 30.0 Å². The van der Waals surface area contributed by atoms with Crippen LogP contribution in [0.3, 0.4) is 0 Å². The molecule has 2 aromatic carbocycles. The molecule has 3 rings (SSSR count). The second kappa shape index (κ2) is 10.8. The Hall–Kier alpha value is -3.37. The van der Waals surface area contributed by atoms with E-state index in [0.717, 1.165) is 46.4 Å². The zero-order chi connectivity index (χ0) is 23.1. The molecule has 0 saturated heterocycles. The van der Waals surface area contributed by atoms with Gasteiger partial charge < -0.3 is 20.3 Å². The Kier molecular flexibility index (Phi) is 7.85. The number of methoxy groups -OCH3 is 1. The molecule has 3 aromatic rings. The maximum Gasteiger partial charge on any atom is 0.173 e. The zero-order valence-corrected chi connectivity index (χ0v) is 19.8. The van der Waals surface area contributed by atoms with Crippen molar-refractivity contribution in [2.24, 2.45) is 0 Å². The summed E-state index contributed by atoms with van der Waals surface area (Å²) in [6.45, 7) is 8.31. The first-order chi connectivity index (χ1) is 15.5. The molecule has 0 unspecified atom stereocenters. The van der Waals surface area contributed by atoms with Gasteiger partial charge in [-0.05, 0) is 67.9 Å². The maximum atomic E-state index is 9.63. The molecule has 0 fully saturated rings. The quantitative estimate of drug-likeness (QED) is 0.457. The number of rotatable bonds is 8. The van der Waals surface area contributed by atoms with E-state index >= 15 is 0 Å². The third-order valence-electron chi connectivity index (χ3n) is 5.21. The number of thiocarbonyl (C=S) groups is 1. The smallest absolute Gasteiger partial charge is 0.173 e. The highest BCUT2D eigenvalue weighted by molar-refractivity contribution is 7.80. The number of para-hydroxylation sites is 2. The molecule has 0 bridgehead atoms. The van der Waals surface area contributed by atoms with Crippen molar-refractivity contribution < 1.29 is 4.74 Å². The summed E-state index contributed by atoms with van der Waals surface area (Å²) < 4.78 is 5.41. The Balaban J connectivity index is 1.72. The topological polar surface area (TPSA) is 73.2 Å². The summed E-state index contributed by atoms with van der Waals surface area (Å²) in [6, 6.07) is 16.0. The second-order valence-electron chi connectivity index (χ2n) is 7.69. The van der Waals surface area contributed by atoms with Gasteiger partial charge in [0.05, 0.1) is 23.9 Å². The van der Waals surface area contributed by atoms with Gasteiger partial charge in [-0.15, -0.1) is 0 Å². The number of hydrogen-bond donors (Lipinski definition) is 2. The van der Waals surface area contributed by atoms with Gasteiger partial charge in [0.1, 0.15) is 17.6 Å². The van der Waals surface area contributed by atoms with Gasteiger partial charge in [-0.2, -0.15) is 5.26 Å².